The molecule has 2 aliphatic rings. The van der Waals surface area contributed by atoms with Crippen LogP contribution in [-0.4, -0.2) is 119 Å². The number of phosphoric ester groups is 2. The largest absolute Gasteiger partial charge is 0.472 e. The van der Waals surface area contributed by atoms with Crippen LogP contribution in [-0.2, 0) is 32.2 Å². The second-order valence-electron chi connectivity index (χ2n) is 9.89. The van der Waals surface area contributed by atoms with Crippen LogP contribution in [0.5, 0.6) is 0 Å². The summed E-state index contributed by atoms with van der Waals surface area (Å²) in [5.41, 5.74) is 12.2. The maximum atomic E-state index is 13.0. The number of phosphoric acid groups is 2. The van der Waals surface area contributed by atoms with Crippen LogP contribution in [0.25, 0.3) is 22.3 Å². The van der Waals surface area contributed by atoms with Crippen molar-refractivity contribution < 1.29 is 62.2 Å². The quantitative estimate of drug-likeness (QED) is 0.0793. The van der Waals surface area contributed by atoms with Crippen LogP contribution in [0.1, 0.15) is 12.5 Å². The molecule has 0 radical (unpaired) electrons. The van der Waals surface area contributed by atoms with Crippen molar-refractivity contribution in [2.24, 2.45) is 0 Å². The van der Waals surface area contributed by atoms with Crippen molar-refractivity contribution in [1.82, 2.24) is 39.0 Å². The van der Waals surface area contributed by atoms with Crippen LogP contribution in [0.2, 0.25) is 0 Å². The van der Waals surface area contributed by atoms with E-state index < -0.39 is 77.9 Å². The number of aliphatic hydroxyl groups excluding tert-OH is 3. The Bertz CT molecular complexity index is 1800. The molecule has 25 heteroatoms. The molecule has 0 spiro atoms. The number of aliphatic hydroxyl groups is 3. The van der Waals surface area contributed by atoms with Gasteiger partial charge in [0.25, 0.3) is 0 Å². The Balaban J connectivity index is 1.17. The third-order valence-corrected chi connectivity index (χ3v) is 8.50. The van der Waals surface area contributed by atoms with E-state index in [1.54, 1.807) is 0 Å². The van der Waals surface area contributed by atoms with Gasteiger partial charge in [0.15, 0.2) is 35.4 Å². The summed E-state index contributed by atoms with van der Waals surface area (Å²) in [6.45, 7) is -1.69. The summed E-state index contributed by atoms with van der Waals surface area (Å²) in [5.74, 6) is 0.0736. The van der Waals surface area contributed by atoms with Gasteiger partial charge in [-0.05, 0) is 0 Å². The van der Waals surface area contributed by atoms with Gasteiger partial charge >= 0.3 is 15.6 Å². The summed E-state index contributed by atoms with van der Waals surface area (Å²) in [7, 11) is -10.2. The number of rotatable bonds is 10. The van der Waals surface area contributed by atoms with Gasteiger partial charge in [-0.2, -0.15) is 0 Å². The first-order valence-electron chi connectivity index (χ1n) is 12.8. The third kappa shape index (κ3) is 6.14. The smallest absolute Gasteiger partial charge is 0.387 e. The Hall–Kier alpha value is -3.28. The first-order chi connectivity index (χ1) is 21.2. The van der Waals surface area contributed by atoms with Crippen LogP contribution in [0, 0.1) is 0 Å². The number of nitrogen functional groups attached to an aromatic ring is 2. The van der Waals surface area contributed by atoms with E-state index in [9.17, 15) is 39.1 Å². The lowest BCUT2D eigenvalue weighted by molar-refractivity contribution is -0.0582. The Morgan fingerprint density at radius 2 is 1.24 bits per heavy atom. The molecular formula is C20H26N10O13P2. The lowest BCUT2D eigenvalue weighted by atomic mass is 10.1. The van der Waals surface area contributed by atoms with Gasteiger partial charge in [-0.1, -0.05) is 0 Å². The monoisotopic (exact) mass is 676 g/mol. The van der Waals surface area contributed by atoms with Crippen LogP contribution in [0.3, 0.4) is 0 Å². The summed E-state index contributed by atoms with van der Waals surface area (Å²) in [6, 6.07) is 0. The maximum absolute atomic E-state index is 13.0. The SMILES string of the molecule is Nc1ncnc2c1ncn2[C@@H]1O[C@H](COP(=O)(O)O[C@H]2[C@@H](O)[C@H](n3cnc4c(N)ncnc43)O[C@@H]2COP(=O)(O)O)[C@@H](O)[C@H]1O. The van der Waals surface area contributed by atoms with E-state index in [1.807, 2.05) is 0 Å². The normalized spacial score (nSPS) is 30.4. The van der Waals surface area contributed by atoms with Gasteiger partial charge in [0.1, 0.15) is 60.3 Å². The fraction of sp³-hybridized carbons (Fsp3) is 0.500. The molecule has 4 aromatic heterocycles. The molecule has 0 aliphatic carbocycles. The Kier molecular flexibility index (Phi) is 8.33. The van der Waals surface area contributed by atoms with Crippen LogP contribution in [0.4, 0.5) is 11.6 Å². The first-order valence-corrected chi connectivity index (χ1v) is 15.8. The molecule has 0 amide bonds. The van der Waals surface area contributed by atoms with Crippen LogP contribution < -0.4 is 11.5 Å². The average Bonchev–Trinajstić information content (AvgIpc) is 3.73. The van der Waals surface area contributed by atoms with E-state index in [0.29, 0.717) is 0 Å². The van der Waals surface area contributed by atoms with Crippen molar-refractivity contribution in [3.63, 3.8) is 0 Å². The second kappa shape index (κ2) is 11.8. The molecular weight excluding hydrogens is 650 g/mol. The summed E-state index contributed by atoms with van der Waals surface area (Å²) >= 11 is 0. The topological polar surface area (TPSA) is 341 Å². The number of aromatic nitrogens is 8. The predicted octanol–water partition coefficient (Wildman–Crippen LogP) is -2.68. The molecule has 1 unspecified atom stereocenters. The summed E-state index contributed by atoms with van der Waals surface area (Å²) in [5, 5.41) is 32.3. The zero-order valence-corrected chi connectivity index (χ0v) is 24.3. The first kappa shape index (κ1) is 31.7. The van der Waals surface area contributed by atoms with Crippen molar-refractivity contribution in [3.8, 4) is 0 Å². The van der Waals surface area contributed by atoms with Gasteiger partial charge < -0.3 is 50.9 Å². The molecule has 2 fully saturated rings. The summed E-state index contributed by atoms with van der Waals surface area (Å²) in [4.78, 5) is 52.8. The minimum absolute atomic E-state index is 0.0102. The highest BCUT2D eigenvalue weighted by Gasteiger charge is 2.51. The van der Waals surface area contributed by atoms with Gasteiger partial charge in [-0.15, -0.1) is 0 Å². The summed E-state index contributed by atoms with van der Waals surface area (Å²) in [6.07, 6.45) is -7.60. The molecule has 23 nitrogen and oxygen atoms in total. The van der Waals surface area contributed by atoms with Crippen molar-refractivity contribution in [1.29, 1.82) is 0 Å². The Morgan fingerprint density at radius 1 is 0.733 bits per heavy atom. The second-order valence-corrected chi connectivity index (χ2v) is 12.5. The van der Waals surface area contributed by atoms with Crippen molar-refractivity contribution >= 4 is 49.6 Å². The highest BCUT2D eigenvalue weighted by molar-refractivity contribution is 7.47. The molecule has 9 atom stereocenters. The van der Waals surface area contributed by atoms with Gasteiger partial charge in [-0.25, -0.2) is 39.0 Å². The molecule has 4 aromatic rings. The lowest BCUT2D eigenvalue weighted by Crippen LogP contribution is -2.36. The minimum atomic E-state index is -5.15. The third-order valence-electron chi connectivity index (χ3n) is 7.03. The van der Waals surface area contributed by atoms with Crippen LogP contribution in [0.15, 0.2) is 25.3 Å². The fourth-order valence-corrected chi connectivity index (χ4v) is 6.25. The van der Waals surface area contributed by atoms with Crippen molar-refractivity contribution in [2.45, 2.75) is 49.1 Å². The molecule has 0 bridgehead atoms. The van der Waals surface area contributed by atoms with E-state index >= 15 is 0 Å². The highest BCUT2D eigenvalue weighted by Crippen LogP contribution is 2.50. The Labute approximate surface area is 250 Å². The zero-order valence-electron chi connectivity index (χ0n) is 22.5. The predicted molar refractivity (Wildman–Crippen MR) is 144 cm³/mol. The van der Waals surface area contributed by atoms with Gasteiger partial charge in [-0.3, -0.25) is 22.7 Å². The molecule has 2 aliphatic heterocycles. The molecule has 0 saturated carbocycles. The van der Waals surface area contributed by atoms with Gasteiger partial charge in [0.2, 0.25) is 0 Å². The number of ether oxygens (including phenoxy) is 2. The van der Waals surface area contributed by atoms with Gasteiger partial charge in [0, 0.05) is 0 Å². The van der Waals surface area contributed by atoms with Crippen molar-refractivity contribution in [3.05, 3.63) is 25.3 Å². The number of nitrogens with zero attached hydrogens (tertiary/aromatic N) is 8. The zero-order chi connectivity index (χ0) is 32.3. The molecule has 6 rings (SSSR count). The molecule has 10 N–H and O–H groups in total. The van der Waals surface area contributed by atoms with E-state index in [2.05, 4.69) is 34.4 Å². The Morgan fingerprint density at radius 3 is 1.80 bits per heavy atom. The fourth-order valence-electron chi connectivity index (χ4n) is 4.95. The number of nitrogens with two attached hydrogens (primary N) is 2. The number of hydrogen-bond acceptors (Lipinski definition) is 18. The molecule has 6 heterocycles. The minimum Gasteiger partial charge on any atom is -0.387 e. The van der Waals surface area contributed by atoms with Gasteiger partial charge in [0.05, 0.1) is 25.9 Å². The number of hydrogen-bond donors (Lipinski definition) is 8. The molecule has 244 valence electrons. The highest BCUT2D eigenvalue weighted by atomic mass is 31.2. The van der Waals surface area contributed by atoms with E-state index in [4.69, 9.17) is 30.0 Å². The number of imidazole rings is 2. The van der Waals surface area contributed by atoms with E-state index in [0.717, 1.165) is 12.7 Å². The maximum Gasteiger partial charge on any atom is 0.472 e. The molecule has 2 saturated heterocycles. The lowest BCUT2D eigenvalue weighted by Gasteiger charge is -2.24. The molecule has 0 aromatic carbocycles. The summed E-state index contributed by atoms with van der Waals surface area (Å²) < 4.78 is 52.9. The standard InChI is InChI=1S/C20H26N10O13P2/c21-15-9-17(25-3-23-15)29(5-27-9)19-12(32)11(31)7(41-19)1-40-45(37,38)43-14-8(2-39-44(34,35)36)42-20(13(14)33)30-6-28-10-16(22)24-4-26-18(10)30/h3-8,11-14,19-20,31-33H,1-2H2,(H,37,38)(H2,21,23,25)(H2,22,24,26)(H2,34,35,36)/t7-,8-,11-,12-,13-,14-,19-,20-/m1/s1. The van der Waals surface area contributed by atoms with Crippen LogP contribution >= 0.6 is 15.6 Å². The number of fused-ring (bicyclic) bond motifs is 2. The molecule has 45 heavy (non-hydrogen) atoms. The van der Waals surface area contributed by atoms with Crippen molar-refractivity contribution in [2.75, 3.05) is 24.7 Å². The van der Waals surface area contributed by atoms with E-state index in [-0.39, 0.29) is 34.0 Å². The number of anilines is 2. The average molecular weight is 676 g/mol. The van der Waals surface area contributed by atoms with E-state index in [1.165, 1.54) is 21.8 Å².